The van der Waals surface area contributed by atoms with Crippen LogP contribution in [0, 0.1) is 11.6 Å². The average Bonchev–Trinajstić information content (AvgIpc) is 2.13. The zero-order valence-electron chi connectivity index (χ0n) is 7.02. The lowest BCUT2D eigenvalue weighted by molar-refractivity contribution is 0.269. The van der Waals surface area contributed by atoms with Crippen LogP contribution in [0.2, 0.25) is 0 Å². The molecule has 1 rings (SSSR count). The molecule has 0 bridgehead atoms. The minimum absolute atomic E-state index is 0.0962. The van der Waals surface area contributed by atoms with Crippen molar-refractivity contribution < 1.29 is 13.9 Å². The lowest BCUT2D eigenvalue weighted by atomic mass is 10.0. The summed E-state index contributed by atoms with van der Waals surface area (Å²) < 4.78 is 26.3. The molecule has 1 nitrogen and oxygen atoms in total. The lowest BCUT2D eigenvalue weighted by Crippen LogP contribution is -2.03. The summed E-state index contributed by atoms with van der Waals surface area (Å²) in [4.78, 5) is 0. The summed E-state index contributed by atoms with van der Waals surface area (Å²) in [5.74, 6) is -2.18. The lowest BCUT2D eigenvalue weighted by Gasteiger charge is -2.10. The Hall–Kier alpha value is -0.480. The third kappa shape index (κ3) is 2.06. The first-order valence-electron chi connectivity index (χ1n) is 3.82. The highest BCUT2D eigenvalue weighted by molar-refractivity contribution is 9.10. The maximum absolute atomic E-state index is 13.2. The molecular weight excluding hydrogens is 242 g/mol. The molecule has 0 aliphatic carbocycles. The molecule has 1 aromatic carbocycles. The molecule has 0 heterocycles. The second-order valence-electron chi connectivity index (χ2n) is 2.85. The van der Waals surface area contributed by atoms with E-state index >= 15 is 0 Å². The van der Waals surface area contributed by atoms with E-state index in [4.69, 9.17) is 5.11 Å². The number of hydrogen-bond donors (Lipinski definition) is 1. The van der Waals surface area contributed by atoms with Crippen LogP contribution in [0.5, 0.6) is 0 Å². The van der Waals surface area contributed by atoms with E-state index in [0.717, 1.165) is 0 Å². The van der Waals surface area contributed by atoms with Crippen LogP contribution in [0.15, 0.2) is 16.6 Å². The van der Waals surface area contributed by atoms with Gasteiger partial charge in [0.25, 0.3) is 0 Å². The largest absolute Gasteiger partial charge is 0.396 e. The molecule has 0 amide bonds. The van der Waals surface area contributed by atoms with E-state index in [-0.39, 0.29) is 22.6 Å². The maximum atomic E-state index is 13.2. The third-order valence-corrected chi connectivity index (χ3v) is 2.48. The van der Waals surface area contributed by atoms with Crippen molar-refractivity contribution in [2.75, 3.05) is 6.61 Å². The van der Waals surface area contributed by atoms with Crippen molar-refractivity contribution >= 4 is 15.9 Å². The molecular formula is C9H9BrF2O. The van der Waals surface area contributed by atoms with Gasteiger partial charge in [-0.15, -0.1) is 0 Å². The van der Waals surface area contributed by atoms with E-state index in [0.29, 0.717) is 0 Å². The van der Waals surface area contributed by atoms with Gasteiger partial charge in [0.15, 0.2) is 11.6 Å². The van der Waals surface area contributed by atoms with E-state index < -0.39 is 11.6 Å². The third-order valence-electron chi connectivity index (χ3n) is 1.87. The van der Waals surface area contributed by atoms with Crippen molar-refractivity contribution in [3.05, 3.63) is 33.8 Å². The predicted octanol–water partition coefficient (Wildman–Crippen LogP) is 2.82. The highest BCUT2D eigenvalue weighted by Gasteiger charge is 2.15. The fourth-order valence-electron chi connectivity index (χ4n) is 1.02. The zero-order valence-corrected chi connectivity index (χ0v) is 8.61. The van der Waals surface area contributed by atoms with Crippen molar-refractivity contribution in [1.29, 1.82) is 0 Å². The first-order valence-corrected chi connectivity index (χ1v) is 4.61. The van der Waals surface area contributed by atoms with Gasteiger partial charge in [-0.1, -0.05) is 13.0 Å². The number of hydrogen-bond acceptors (Lipinski definition) is 1. The molecule has 0 radical (unpaired) electrons. The summed E-state index contributed by atoms with van der Waals surface area (Å²) in [6.07, 6.45) is 0. The van der Waals surface area contributed by atoms with Crippen molar-refractivity contribution in [2.45, 2.75) is 12.8 Å². The van der Waals surface area contributed by atoms with Crippen molar-refractivity contribution in [2.24, 2.45) is 0 Å². The van der Waals surface area contributed by atoms with Crippen LogP contribution in [-0.4, -0.2) is 11.7 Å². The topological polar surface area (TPSA) is 20.2 Å². The number of aliphatic hydroxyl groups is 1. The number of rotatable bonds is 2. The van der Waals surface area contributed by atoms with Gasteiger partial charge in [-0.05, 0) is 27.6 Å². The maximum Gasteiger partial charge on any atom is 0.173 e. The Balaban J connectivity index is 3.18. The molecule has 0 spiro atoms. The van der Waals surface area contributed by atoms with Crippen LogP contribution in [-0.2, 0) is 0 Å². The van der Waals surface area contributed by atoms with Crippen LogP contribution in [0.3, 0.4) is 0 Å². The Morgan fingerprint density at radius 3 is 2.54 bits per heavy atom. The highest BCUT2D eigenvalue weighted by atomic mass is 79.9. The summed E-state index contributed by atoms with van der Waals surface area (Å²) in [7, 11) is 0. The van der Waals surface area contributed by atoms with Crippen LogP contribution < -0.4 is 0 Å². The zero-order chi connectivity index (χ0) is 10.0. The molecule has 0 aliphatic rings. The Labute approximate surface area is 83.5 Å². The second kappa shape index (κ2) is 4.15. The summed E-state index contributed by atoms with van der Waals surface area (Å²) in [6, 6.07) is 2.89. The average molecular weight is 251 g/mol. The van der Waals surface area contributed by atoms with E-state index in [2.05, 4.69) is 15.9 Å². The van der Waals surface area contributed by atoms with Gasteiger partial charge in [-0.2, -0.15) is 0 Å². The second-order valence-corrected chi connectivity index (χ2v) is 3.70. The van der Waals surface area contributed by atoms with Crippen LogP contribution in [0.25, 0.3) is 0 Å². The molecule has 1 N–H and O–H groups in total. The van der Waals surface area contributed by atoms with Gasteiger partial charge in [-0.25, -0.2) is 8.78 Å². The summed E-state index contributed by atoms with van der Waals surface area (Å²) in [5, 5.41) is 8.77. The van der Waals surface area contributed by atoms with Gasteiger partial charge in [0.05, 0.1) is 4.47 Å². The first kappa shape index (κ1) is 10.6. The molecule has 72 valence electrons. The van der Waals surface area contributed by atoms with E-state index in [1.54, 1.807) is 6.92 Å². The molecule has 1 atom stereocenters. The first-order chi connectivity index (χ1) is 6.07. The predicted molar refractivity (Wildman–Crippen MR) is 49.6 cm³/mol. The van der Waals surface area contributed by atoms with Crippen molar-refractivity contribution in [3.8, 4) is 0 Å². The van der Waals surface area contributed by atoms with Crippen molar-refractivity contribution in [1.82, 2.24) is 0 Å². The standard InChI is InChI=1S/C9H9BrF2O/c1-5(4-13)6-2-3-7(10)9(12)8(6)11/h2-3,5,13H,4H2,1H3. The van der Waals surface area contributed by atoms with Gasteiger partial charge < -0.3 is 5.11 Å². The fraction of sp³-hybridized carbons (Fsp3) is 0.333. The Morgan fingerprint density at radius 2 is 2.00 bits per heavy atom. The number of halogens is 3. The molecule has 0 aliphatic heterocycles. The monoisotopic (exact) mass is 250 g/mol. The smallest absolute Gasteiger partial charge is 0.173 e. The van der Waals surface area contributed by atoms with Gasteiger partial charge in [0.1, 0.15) is 0 Å². The Kier molecular flexibility index (Phi) is 3.39. The van der Waals surface area contributed by atoms with Crippen LogP contribution in [0.1, 0.15) is 18.4 Å². The molecule has 1 unspecified atom stereocenters. The van der Waals surface area contributed by atoms with Crippen LogP contribution >= 0.6 is 15.9 Å². The minimum Gasteiger partial charge on any atom is -0.396 e. The Morgan fingerprint density at radius 1 is 1.38 bits per heavy atom. The molecule has 0 fully saturated rings. The number of aliphatic hydroxyl groups excluding tert-OH is 1. The fourth-order valence-corrected chi connectivity index (χ4v) is 1.33. The van der Waals surface area contributed by atoms with Gasteiger partial charge in [0, 0.05) is 12.5 Å². The minimum atomic E-state index is -0.905. The number of benzene rings is 1. The van der Waals surface area contributed by atoms with E-state index in [1.165, 1.54) is 12.1 Å². The highest BCUT2D eigenvalue weighted by Crippen LogP contribution is 2.25. The van der Waals surface area contributed by atoms with Crippen molar-refractivity contribution in [3.63, 3.8) is 0 Å². The summed E-state index contributed by atoms with van der Waals surface area (Å²) in [5.41, 5.74) is 0.197. The van der Waals surface area contributed by atoms with Gasteiger partial charge in [0.2, 0.25) is 0 Å². The quantitative estimate of drug-likeness (QED) is 0.801. The molecule has 0 aromatic heterocycles. The van der Waals surface area contributed by atoms with Gasteiger partial charge >= 0.3 is 0 Å². The molecule has 1 aromatic rings. The summed E-state index contributed by atoms with van der Waals surface area (Å²) >= 11 is 2.87. The normalized spacial score (nSPS) is 13.0. The molecule has 4 heteroatoms. The Bertz CT molecular complexity index is 315. The van der Waals surface area contributed by atoms with E-state index in [1.807, 2.05) is 0 Å². The molecule has 0 saturated carbocycles. The molecule has 0 saturated heterocycles. The summed E-state index contributed by atoms with van der Waals surface area (Å²) in [6.45, 7) is 1.43. The van der Waals surface area contributed by atoms with E-state index in [9.17, 15) is 8.78 Å². The van der Waals surface area contributed by atoms with Gasteiger partial charge in [-0.3, -0.25) is 0 Å². The molecule has 13 heavy (non-hydrogen) atoms. The van der Waals surface area contributed by atoms with Crippen LogP contribution in [0.4, 0.5) is 8.78 Å². The SMILES string of the molecule is CC(CO)c1ccc(Br)c(F)c1F.